The third-order valence-electron chi connectivity index (χ3n) is 3.45. The van der Waals surface area contributed by atoms with Crippen molar-refractivity contribution in [2.75, 3.05) is 25.4 Å². The molecule has 0 aliphatic carbocycles. The molecule has 1 aliphatic rings. The summed E-state index contributed by atoms with van der Waals surface area (Å²) in [6.07, 6.45) is -4.25. The number of hydrogen-bond acceptors (Lipinski definition) is 5. The lowest BCUT2D eigenvalue weighted by atomic mass is 10.0. The number of nitrogens with zero attached hydrogens (tertiary/aromatic N) is 2. The van der Waals surface area contributed by atoms with Crippen LogP contribution in [-0.4, -0.2) is 40.4 Å². The number of aromatic nitrogens is 1. The highest BCUT2D eigenvalue weighted by molar-refractivity contribution is 5.40. The van der Waals surface area contributed by atoms with Crippen LogP contribution in [0, 0.1) is 0 Å². The minimum atomic E-state index is -4.53. The van der Waals surface area contributed by atoms with E-state index in [0.29, 0.717) is 6.54 Å². The molecule has 1 aromatic rings. The number of pyridine rings is 1. The summed E-state index contributed by atoms with van der Waals surface area (Å²) in [4.78, 5) is 5.40. The van der Waals surface area contributed by atoms with Crippen LogP contribution >= 0.6 is 0 Å². The summed E-state index contributed by atoms with van der Waals surface area (Å²) in [5.41, 5.74) is 3.31. The van der Waals surface area contributed by atoms with Gasteiger partial charge in [0.15, 0.2) is 0 Å². The highest BCUT2D eigenvalue weighted by atomic mass is 19.4. The van der Waals surface area contributed by atoms with Crippen molar-refractivity contribution < 1.29 is 23.0 Å². The first-order valence-electron chi connectivity index (χ1n) is 6.50. The van der Waals surface area contributed by atoms with E-state index >= 15 is 0 Å². The van der Waals surface area contributed by atoms with E-state index in [1.54, 1.807) is 18.7 Å². The second-order valence-corrected chi connectivity index (χ2v) is 5.49. The summed E-state index contributed by atoms with van der Waals surface area (Å²) in [6.45, 7) is 4.00. The zero-order valence-electron chi connectivity index (χ0n) is 11.8. The van der Waals surface area contributed by atoms with Crippen LogP contribution in [0.1, 0.15) is 31.1 Å². The summed E-state index contributed by atoms with van der Waals surface area (Å²) < 4.78 is 44.8. The second-order valence-electron chi connectivity index (χ2n) is 5.49. The van der Waals surface area contributed by atoms with Gasteiger partial charge < -0.3 is 15.6 Å². The number of alkyl halides is 3. The molecular weight excluding hydrogens is 287 g/mol. The maximum atomic E-state index is 13.1. The van der Waals surface area contributed by atoms with E-state index < -0.39 is 23.6 Å². The molecule has 0 saturated carbocycles. The van der Waals surface area contributed by atoms with E-state index in [0.717, 1.165) is 12.3 Å². The summed E-state index contributed by atoms with van der Waals surface area (Å²) in [5, 5.41) is 9.99. The van der Waals surface area contributed by atoms with Crippen molar-refractivity contribution in [3.63, 3.8) is 0 Å². The molecule has 0 spiro atoms. The van der Waals surface area contributed by atoms with Crippen molar-refractivity contribution in [1.82, 2.24) is 9.88 Å². The molecule has 1 atom stereocenters. The number of hydrogen-bond donors (Lipinski definition) is 2. The molecule has 2 rings (SSSR count). The van der Waals surface area contributed by atoms with E-state index in [1.807, 2.05) is 0 Å². The lowest BCUT2D eigenvalue weighted by Crippen LogP contribution is -2.50. The van der Waals surface area contributed by atoms with Crippen LogP contribution in [0.3, 0.4) is 0 Å². The lowest BCUT2D eigenvalue weighted by molar-refractivity contribution is -0.150. The Balaban J connectivity index is 2.33. The zero-order chi connectivity index (χ0) is 15.8. The Kier molecular flexibility index (Phi) is 4.14. The molecule has 118 valence electrons. The van der Waals surface area contributed by atoms with Gasteiger partial charge in [0, 0.05) is 24.8 Å². The fourth-order valence-electron chi connectivity index (χ4n) is 2.32. The third kappa shape index (κ3) is 3.63. The normalized spacial score (nSPS) is 21.5. The number of halogens is 3. The van der Waals surface area contributed by atoms with Gasteiger partial charge in [0.1, 0.15) is 11.5 Å². The Hall–Kier alpha value is -1.38. The number of aliphatic hydroxyl groups is 1. The van der Waals surface area contributed by atoms with Gasteiger partial charge in [-0.15, -0.1) is 0 Å². The molecule has 1 unspecified atom stereocenters. The van der Waals surface area contributed by atoms with Gasteiger partial charge in [-0.1, -0.05) is 0 Å². The van der Waals surface area contributed by atoms with E-state index in [2.05, 4.69) is 4.98 Å². The first kappa shape index (κ1) is 16.0. The van der Waals surface area contributed by atoms with E-state index in [4.69, 9.17) is 10.5 Å². The average molecular weight is 305 g/mol. The minimum absolute atomic E-state index is 0.0642. The predicted molar refractivity (Wildman–Crippen MR) is 70.2 cm³/mol. The smallest absolute Gasteiger partial charge is 0.384 e. The van der Waals surface area contributed by atoms with Gasteiger partial charge in [-0.3, -0.25) is 4.90 Å². The molecule has 21 heavy (non-hydrogen) atoms. The van der Waals surface area contributed by atoms with Gasteiger partial charge in [0.25, 0.3) is 0 Å². The van der Waals surface area contributed by atoms with Crippen LogP contribution < -0.4 is 5.73 Å². The van der Waals surface area contributed by atoms with Gasteiger partial charge in [-0.05, 0) is 19.9 Å². The van der Waals surface area contributed by atoms with Crippen LogP contribution in [0.2, 0.25) is 0 Å². The van der Waals surface area contributed by atoms with Crippen molar-refractivity contribution in [3.8, 4) is 0 Å². The van der Waals surface area contributed by atoms with Crippen molar-refractivity contribution in [3.05, 3.63) is 23.4 Å². The van der Waals surface area contributed by atoms with Gasteiger partial charge in [0.2, 0.25) is 0 Å². The molecule has 3 N–H and O–H groups in total. The Labute approximate surface area is 120 Å². The van der Waals surface area contributed by atoms with Gasteiger partial charge in [0.05, 0.1) is 18.3 Å². The van der Waals surface area contributed by atoms with Crippen LogP contribution in [0.4, 0.5) is 19.0 Å². The number of rotatable bonds is 2. The van der Waals surface area contributed by atoms with E-state index in [-0.39, 0.29) is 24.5 Å². The summed E-state index contributed by atoms with van der Waals surface area (Å²) in [7, 11) is 0. The minimum Gasteiger partial charge on any atom is -0.384 e. The average Bonchev–Trinajstić information content (AvgIpc) is 2.37. The first-order valence-corrected chi connectivity index (χ1v) is 6.50. The van der Waals surface area contributed by atoms with Crippen molar-refractivity contribution in [1.29, 1.82) is 0 Å². The number of nitrogens with two attached hydrogens (primary N) is 1. The molecule has 1 saturated heterocycles. The molecule has 1 fully saturated rings. The first-order chi connectivity index (χ1) is 9.59. The molecule has 8 heteroatoms. The van der Waals surface area contributed by atoms with Gasteiger partial charge in [-0.25, -0.2) is 4.98 Å². The molecule has 0 aromatic carbocycles. The summed E-state index contributed by atoms with van der Waals surface area (Å²) >= 11 is 0. The van der Waals surface area contributed by atoms with Crippen LogP contribution in [0.5, 0.6) is 0 Å². The van der Waals surface area contributed by atoms with E-state index in [9.17, 15) is 18.3 Å². The number of morpholine rings is 1. The van der Waals surface area contributed by atoms with Crippen LogP contribution in [0.15, 0.2) is 12.3 Å². The SMILES string of the molecule is CC(C)(O)N1CCOC(c2cnc(N)cc2C(F)(F)F)C1. The Morgan fingerprint density at radius 1 is 1.43 bits per heavy atom. The Morgan fingerprint density at radius 3 is 2.67 bits per heavy atom. The van der Waals surface area contributed by atoms with Gasteiger partial charge >= 0.3 is 6.18 Å². The molecule has 1 aromatic heterocycles. The molecule has 5 nitrogen and oxygen atoms in total. The maximum Gasteiger partial charge on any atom is 0.416 e. The third-order valence-corrected chi connectivity index (χ3v) is 3.45. The molecule has 0 amide bonds. The fourth-order valence-corrected chi connectivity index (χ4v) is 2.32. The Morgan fingerprint density at radius 2 is 2.10 bits per heavy atom. The number of nitrogen functional groups attached to an aromatic ring is 1. The molecule has 0 radical (unpaired) electrons. The quantitative estimate of drug-likeness (QED) is 0.871. The Bertz CT molecular complexity index is 514. The molecule has 0 bridgehead atoms. The van der Waals surface area contributed by atoms with Crippen LogP contribution in [-0.2, 0) is 10.9 Å². The zero-order valence-corrected chi connectivity index (χ0v) is 11.8. The fraction of sp³-hybridized carbons (Fsp3) is 0.615. The highest BCUT2D eigenvalue weighted by Crippen LogP contribution is 2.37. The second kappa shape index (κ2) is 5.43. The van der Waals surface area contributed by atoms with Crippen LogP contribution in [0.25, 0.3) is 0 Å². The monoisotopic (exact) mass is 305 g/mol. The number of anilines is 1. The molecule has 1 aliphatic heterocycles. The van der Waals surface area contributed by atoms with Crippen molar-refractivity contribution in [2.45, 2.75) is 31.9 Å². The predicted octanol–water partition coefficient (Wildman–Crippen LogP) is 1.78. The highest BCUT2D eigenvalue weighted by Gasteiger charge is 2.38. The topological polar surface area (TPSA) is 71.6 Å². The number of ether oxygens (including phenoxy) is 1. The molecule has 2 heterocycles. The maximum absolute atomic E-state index is 13.1. The molecular formula is C13H18F3N3O2. The van der Waals surface area contributed by atoms with Gasteiger partial charge in [-0.2, -0.15) is 13.2 Å². The largest absolute Gasteiger partial charge is 0.416 e. The summed E-state index contributed by atoms with van der Waals surface area (Å²) in [6, 6.07) is 0.807. The van der Waals surface area contributed by atoms with Crippen molar-refractivity contribution in [2.24, 2.45) is 0 Å². The summed E-state index contributed by atoms with van der Waals surface area (Å²) in [5.74, 6) is -0.193. The van der Waals surface area contributed by atoms with Crippen molar-refractivity contribution >= 4 is 5.82 Å². The lowest BCUT2D eigenvalue weighted by Gasteiger charge is -2.40. The standard InChI is InChI=1S/C13H18F3N3O2/c1-12(2,20)19-3-4-21-10(7-19)8-6-18-11(17)5-9(8)13(14,15)16/h5-6,10,20H,3-4,7H2,1-2H3,(H2,17,18). The van der Waals surface area contributed by atoms with E-state index in [1.165, 1.54) is 0 Å².